The number of benzene rings is 2. The van der Waals surface area contributed by atoms with Crippen LogP contribution >= 0.6 is 0 Å². The molecule has 1 saturated heterocycles. The second-order valence-electron chi connectivity index (χ2n) is 8.35. The third-order valence-electron chi connectivity index (χ3n) is 6.53. The molecule has 0 bridgehead atoms. The van der Waals surface area contributed by atoms with E-state index in [1.54, 1.807) is 12.0 Å². The molecule has 2 fully saturated rings. The molecule has 0 N–H and O–H groups in total. The molecule has 2 amide bonds. The van der Waals surface area contributed by atoms with E-state index in [1.807, 2.05) is 48.3 Å². The van der Waals surface area contributed by atoms with Crippen LogP contribution in [0, 0.1) is 5.92 Å². The fourth-order valence-corrected chi connectivity index (χ4v) is 4.82. The first-order valence-electron chi connectivity index (χ1n) is 10.9. The molecule has 0 aromatic heterocycles. The minimum Gasteiger partial charge on any atom is -0.496 e. The Hall–Kier alpha value is -2.82. The molecule has 2 aromatic rings. The quantitative estimate of drug-likeness (QED) is 0.760. The third-order valence-corrected chi connectivity index (χ3v) is 6.53. The second kappa shape index (κ2) is 8.90. The summed E-state index contributed by atoms with van der Waals surface area (Å²) < 4.78 is 5.57. The van der Waals surface area contributed by atoms with E-state index >= 15 is 0 Å². The molecule has 1 saturated carbocycles. The Morgan fingerprint density at radius 3 is 2.40 bits per heavy atom. The second-order valence-corrected chi connectivity index (χ2v) is 8.35. The lowest BCUT2D eigenvalue weighted by molar-refractivity contribution is -0.152. The number of methoxy groups -OCH3 is 1. The van der Waals surface area contributed by atoms with Crippen molar-refractivity contribution in [2.45, 2.75) is 38.1 Å². The number of ether oxygens (including phenoxy) is 1. The Balaban J connectivity index is 1.67. The van der Waals surface area contributed by atoms with Crippen LogP contribution in [0.5, 0.6) is 5.75 Å². The standard InChI is InChI=1S/C25H30N2O3/c1-26-15-16-27(24(28)18-9-3-4-10-18)22(25(26)29)17-19-11-5-6-12-20(19)21-13-7-8-14-23(21)30-2/h5-8,11-14,18,22H,3-4,9-10,15-17H2,1-2H3. The molecule has 158 valence electrons. The number of likely N-dealkylation sites (N-methyl/N-ethyl adjacent to an activating group) is 1. The van der Waals surface area contributed by atoms with Crippen LogP contribution in [-0.4, -0.2) is 54.9 Å². The summed E-state index contributed by atoms with van der Waals surface area (Å²) in [5.41, 5.74) is 3.10. The van der Waals surface area contributed by atoms with Crippen LogP contribution in [0.25, 0.3) is 11.1 Å². The van der Waals surface area contributed by atoms with Gasteiger partial charge < -0.3 is 14.5 Å². The van der Waals surface area contributed by atoms with Crippen molar-refractivity contribution in [1.29, 1.82) is 0 Å². The van der Waals surface area contributed by atoms with Gasteiger partial charge in [0.15, 0.2) is 0 Å². The number of hydrogen-bond acceptors (Lipinski definition) is 3. The van der Waals surface area contributed by atoms with Crippen molar-refractivity contribution in [2.24, 2.45) is 5.92 Å². The predicted octanol–water partition coefficient (Wildman–Crippen LogP) is 3.76. The van der Waals surface area contributed by atoms with E-state index in [-0.39, 0.29) is 17.7 Å². The summed E-state index contributed by atoms with van der Waals surface area (Å²) in [6, 6.07) is 15.6. The van der Waals surface area contributed by atoms with Gasteiger partial charge in [-0.25, -0.2) is 0 Å². The Morgan fingerprint density at radius 1 is 1.00 bits per heavy atom. The fourth-order valence-electron chi connectivity index (χ4n) is 4.82. The van der Waals surface area contributed by atoms with Crippen LogP contribution in [0.1, 0.15) is 31.2 Å². The van der Waals surface area contributed by atoms with Crippen LogP contribution in [0.2, 0.25) is 0 Å². The lowest BCUT2D eigenvalue weighted by Crippen LogP contribution is -2.59. The summed E-state index contributed by atoms with van der Waals surface area (Å²) in [6.07, 6.45) is 4.63. The van der Waals surface area contributed by atoms with Crippen molar-refractivity contribution in [3.05, 3.63) is 54.1 Å². The molecule has 1 aliphatic heterocycles. The first-order chi connectivity index (χ1) is 14.6. The molecular formula is C25H30N2O3. The first-order valence-corrected chi connectivity index (χ1v) is 10.9. The zero-order valence-corrected chi connectivity index (χ0v) is 17.8. The average molecular weight is 407 g/mol. The van der Waals surface area contributed by atoms with Crippen molar-refractivity contribution in [3.63, 3.8) is 0 Å². The highest BCUT2D eigenvalue weighted by Gasteiger charge is 2.39. The lowest BCUT2D eigenvalue weighted by atomic mass is 9.92. The van der Waals surface area contributed by atoms with E-state index in [9.17, 15) is 9.59 Å². The molecule has 30 heavy (non-hydrogen) atoms. The lowest BCUT2D eigenvalue weighted by Gasteiger charge is -2.40. The molecule has 2 aliphatic rings. The maximum atomic E-state index is 13.2. The van der Waals surface area contributed by atoms with Crippen molar-refractivity contribution >= 4 is 11.8 Å². The van der Waals surface area contributed by atoms with E-state index in [4.69, 9.17) is 4.74 Å². The van der Waals surface area contributed by atoms with Crippen molar-refractivity contribution < 1.29 is 14.3 Å². The summed E-state index contributed by atoms with van der Waals surface area (Å²) in [7, 11) is 3.50. The molecule has 5 heteroatoms. The number of para-hydroxylation sites is 1. The minimum absolute atomic E-state index is 0.0300. The number of amides is 2. The Kier molecular flexibility index (Phi) is 6.07. The molecule has 0 spiro atoms. The van der Waals surface area contributed by atoms with Crippen molar-refractivity contribution in [3.8, 4) is 16.9 Å². The molecule has 1 heterocycles. The van der Waals surface area contributed by atoms with Gasteiger partial charge in [-0.3, -0.25) is 9.59 Å². The van der Waals surface area contributed by atoms with Gasteiger partial charge in [0.2, 0.25) is 11.8 Å². The van der Waals surface area contributed by atoms with Gasteiger partial charge in [-0.1, -0.05) is 55.3 Å². The summed E-state index contributed by atoms with van der Waals surface area (Å²) in [5.74, 6) is 1.07. The Morgan fingerprint density at radius 2 is 1.67 bits per heavy atom. The molecule has 4 rings (SSSR count). The molecular weight excluding hydrogens is 376 g/mol. The zero-order valence-electron chi connectivity index (χ0n) is 17.8. The van der Waals surface area contributed by atoms with Gasteiger partial charge in [0, 0.05) is 38.0 Å². The number of rotatable bonds is 5. The highest BCUT2D eigenvalue weighted by atomic mass is 16.5. The van der Waals surface area contributed by atoms with E-state index in [0.717, 1.165) is 48.1 Å². The molecule has 1 atom stereocenters. The number of carbonyl (C=O) groups is 2. The summed E-state index contributed by atoms with van der Waals surface area (Å²) in [4.78, 5) is 30.0. The molecule has 1 unspecified atom stereocenters. The monoisotopic (exact) mass is 406 g/mol. The van der Waals surface area contributed by atoms with E-state index in [0.29, 0.717) is 19.5 Å². The number of hydrogen-bond donors (Lipinski definition) is 0. The fraction of sp³-hybridized carbons (Fsp3) is 0.440. The summed E-state index contributed by atoms with van der Waals surface area (Å²) in [5, 5.41) is 0. The molecule has 2 aromatic carbocycles. The summed E-state index contributed by atoms with van der Waals surface area (Å²) >= 11 is 0. The topological polar surface area (TPSA) is 49.9 Å². The van der Waals surface area contributed by atoms with Crippen LogP contribution in [0.15, 0.2) is 48.5 Å². The van der Waals surface area contributed by atoms with Crippen molar-refractivity contribution in [2.75, 3.05) is 27.2 Å². The van der Waals surface area contributed by atoms with Gasteiger partial charge >= 0.3 is 0 Å². The van der Waals surface area contributed by atoms with E-state index in [2.05, 4.69) is 12.1 Å². The van der Waals surface area contributed by atoms with Gasteiger partial charge in [-0.2, -0.15) is 0 Å². The van der Waals surface area contributed by atoms with Crippen LogP contribution in [-0.2, 0) is 16.0 Å². The highest BCUT2D eigenvalue weighted by molar-refractivity contribution is 5.90. The normalized spacial score (nSPS) is 19.9. The highest BCUT2D eigenvalue weighted by Crippen LogP contribution is 2.34. The van der Waals surface area contributed by atoms with Crippen molar-refractivity contribution in [1.82, 2.24) is 9.80 Å². The summed E-state index contributed by atoms with van der Waals surface area (Å²) in [6.45, 7) is 1.21. The van der Waals surface area contributed by atoms with Gasteiger partial charge in [0.25, 0.3) is 0 Å². The van der Waals surface area contributed by atoms with E-state index < -0.39 is 6.04 Å². The van der Waals surface area contributed by atoms with Gasteiger partial charge in [0.05, 0.1) is 7.11 Å². The maximum absolute atomic E-state index is 13.2. The van der Waals surface area contributed by atoms with Crippen LogP contribution in [0.4, 0.5) is 0 Å². The number of nitrogens with zero attached hydrogens (tertiary/aromatic N) is 2. The number of carbonyl (C=O) groups excluding carboxylic acids is 2. The van der Waals surface area contributed by atoms with E-state index in [1.165, 1.54) is 0 Å². The Bertz CT molecular complexity index is 920. The zero-order chi connectivity index (χ0) is 21.1. The minimum atomic E-state index is -0.451. The van der Waals surface area contributed by atoms with Crippen LogP contribution in [0.3, 0.4) is 0 Å². The first kappa shape index (κ1) is 20.5. The molecule has 0 radical (unpaired) electrons. The molecule has 5 nitrogen and oxygen atoms in total. The molecule has 1 aliphatic carbocycles. The SMILES string of the molecule is COc1ccccc1-c1ccccc1CC1C(=O)N(C)CCN1C(=O)C1CCCC1. The predicted molar refractivity (Wildman–Crippen MR) is 117 cm³/mol. The largest absolute Gasteiger partial charge is 0.496 e. The van der Waals surface area contributed by atoms with Gasteiger partial charge in [-0.15, -0.1) is 0 Å². The Labute approximate surface area is 178 Å². The average Bonchev–Trinajstić information content (AvgIpc) is 3.32. The number of piperazine rings is 1. The third kappa shape index (κ3) is 3.93. The van der Waals surface area contributed by atoms with Gasteiger partial charge in [0.1, 0.15) is 11.8 Å². The van der Waals surface area contributed by atoms with Crippen LogP contribution < -0.4 is 4.74 Å². The van der Waals surface area contributed by atoms with Gasteiger partial charge in [-0.05, 0) is 30.0 Å². The smallest absolute Gasteiger partial charge is 0.245 e. The maximum Gasteiger partial charge on any atom is 0.245 e.